The van der Waals surface area contributed by atoms with E-state index >= 15 is 0 Å². The van der Waals surface area contributed by atoms with Crippen LogP contribution in [0.3, 0.4) is 0 Å². The van der Waals surface area contributed by atoms with Crippen molar-refractivity contribution in [3.63, 3.8) is 0 Å². The summed E-state index contributed by atoms with van der Waals surface area (Å²) in [6, 6.07) is 6.39. The molecule has 1 aromatic carbocycles. The number of anilines is 1. The van der Waals surface area contributed by atoms with Crippen LogP contribution in [0.4, 0.5) is 10.5 Å². The Balaban J connectivity index is 2.94. The van der Waals surface area contributed by atoms with Crippen molar-refractivity contribution in [3.05, 3.63) is 29.8 Å². The number of carboxylic acid groups (broad SMARTS) is 1. The molecule has 0 aromatic heterocycles. The van der Waals surface area contributed by atoms with Crippen molar-refractivity contribution in [2.45, 2.75) is 26.8 Å². The first-order chi connectivity index (χ1) is 8.88. The van der Waals surface area contributed by atoms with Crippen molar-refractivity contribution < 1.29 is 14.7 Å². The van der Waals surface area contributed by atoms with E-state index in [9.17, 15) is 9.59 Å². The number of amides is 2. The Morgan fingerprint density at radius 1 is 1.26 bits per heavy atom. The number of hydrogen-bond donors (Lipinski definition) is 1. The van der Waals surface area contributed by atoms with Gasteiger partial charge in [-0.05, 0) is 32.9 Å². The zero-order valence-electron chi connectivity index (χ0n) is 11.8. The summed E-state index contributed by atoms with van der Waals surface area (Å²) in [5.74, 6) is -1.02. The molecule has 19 heavy (non-hydrogen) atoms. The van der Waals surface area contributed by atoms with Crippen LogP contribution in [0.25, 0.3) is 0 Å². The van der Waals surface area contributed by atoms with Crippen LogP contribution >= 0.6 is 0 Å². The van der Waals surface area contributed by atoms with E-state index in [-0.39, 0.29) is 6.03 Å². The third-order valence-corrected chi connectivity index (χ3v) is 3.13. The first-order valence-corrected chi connectivity index (χ1v) is 6.22. The molecule has 0 saturated heterocycles. The lowest BCUT2D eigenvalue weighted by Gasteiger charge is -2.29. The molecule has 0 radical (unpaired) electrons. The highest BCUT2D eigenvalue weighted by Crippen LogP contribution is 2.17. The van der Waals surface area contributed by atoms with Crippen LogP contribution in [0, 0.1) is 6.92 Å². The second-order valence-electron chi connectivity index (χ2n) is 4.49. The summed E-state index contributed by atoms with van der Waals surface area (Å²) in [6.07, 6.45) is 0. The third kappa shape index (κ3) is 3.47. The minimum atomic E-state index is -1.02. The van der Waals surface area contributed by atoms with Gasteiger partial charge in [-0.3, -0.25) is 4.90 Å². The molecule has 0 bridgehead atoms. The SMILES string of the molecule is CCN(C(=O)N(C)C(C)C(=O)O)c1ccc(C)cc1. The zero-order valence-corrected chi connectivity index (χ0v) is 11.8. The molecule has 0 fully saturated rings. The van der Waals surface area contributed by atoms with Crippen LogP contribution in [-0.2, 0) is 4.79 Å². The number of likely N-dealkylation sites (N-methyl/N-ethyl adjacent to an activating group) is 1. The monoisotopic (exact) mass is 264 g/mol. The lowest BCUT2D eigenvalue weighted by atomic mass is 10.2. The van der Waals surface area contributed by atoms with Crippen LogP contribution in [0.2, 0.25) is 0 Å². The summed E-state index contributed by atoms with van der Waals surface area (Å²) in [4.78, 5) is 26.0. The molecule has 0 aliphatic rings. The molecule has 1 rings (SSSR count). The molecule has 1 atom stereocenters. The molecule has 0 heterocycles. The first-order valence-electron chi connectivity index (χ1n) is 6.22. The number of nitrogens with zero attached hydrogens (tertiary/aromatic N) is 2. The lowest BCUT2D eigenvalue weighted by molar-refractivity contribution is -0.141. The first kappa shape index (κ1) is 15.0. The summed E-state index contributed by atoms with van der Waals surface area (Å²) in [7, 11) is 1.50. The number of carbonyl (C=O) groups is 2. The fourth-order valence-electron chi connectivity index (χ4n) is 1.67. The average molecular weight is 264 g/mol. The van der Waals surface area contributed by atoms with Crippen molar-refractivity contribution in [3.8, 4) is 0 Å². The molecule has 0 spiro atoms. The maximum Gasteiger partial charge on any atom is 0.326 e. The maximum absolute atomic E-state index is 12.3. The molecule has 1 N–H and O–H groups in total. The molecule has 0 aliphatic heterocycles. The summed E-state index contributed by atoms with van der Waals surface area (Å²) < 4.78 is 0. The predicted molar refractivity (Wildman–Crippen MR) is 74.5 cm³/mol. The number of aryl methyl sites for hydroxylation is 1. The fourth-order valence-corrected chi connectivity index (χ4v) is 1.67. The van der Waals surface area contributed by atoms with E-state index < -0.39 is 12.0 Å². The molecular weight excluding hydrogens is 244 g/mol. The van der Waals surface area contributed by atoms with E-state index in [0.29, 0.717) is 6.54 Å². The zero-order chi connectivity index (χ0) is 14.6. The number of rotatable bonds is 4. The quantitative estimate of drug-likeness (QED) is 0.908. The summed E-state index contributed by atoms with van der Waals surface area (Å²) >= 11 is 0. The van der Waals surface area contributed by atoms with Gasteiger partial charge < -0.3 is 10.0 Å². The second kappa shape index (κ2) is 6.22. The molecule has 0 aliphatic carbocycles. The average Bonchev–Trinajstić information content (AvgIpc) is 2.39. The summed E-state index contributed by atoms with van der Waals surface area (Å²) in [5.41, 5.74) is 1.88. The minimum absolute atomic E-state index is 0.318. The van der Waals surface area contributed by atoms with Crippen molar-refractivity contribution in [1.82, 2.24) is 4.90 Å². The van der Waals surface area contributed by atoms with E-state index in [4.69, 9.17) is 5.11 Å². The number of urea groups is 1. The van der Waals surface area contributed by atoms with Gasteiger partial charge in [-0.15, -0.1) is 0 Å². The maximum atomic E-state index is 12.3. The van der Waals surface area contributed by atoms with E-state index in [1.807, 2.05) is 38.1 Å². The number of benzene rings is 1. The van der Waals surface area contributed by atoms with Crippen LogP contribution < -0.4 is 4.90 Å². The fraction of sp³-hybridized carbons (Fsp3) is 0.429. The Labute approximate surface area is 113 Å². The predicted octanol–water partition coefficient (Wildman–Crippen LogP) is 2.35. The van der Waals surface area contributed by atoms with Gasteiger partial charge in [-0.25, -0.2) is 9.59 Å². The van der Waals surface area contributed by atoms with Crippen molar-refractivity contribution in [2.75, 3.05) is 18.5 Å². The summed E-state index contributed by atoms with van der Waals surface area (Å²) in [5, 5.41) is 8.95. The Kier molecular flexibility index (Phi) is 4.92. The Bertz CT molecular complexity index is 456. The van der Waals surface area contributed by atoms with Crippen molar-refractivity contribution >= 4 is 17.7 Å². The van der Waals surface area contributed by atoms with Gasteiger partial charge in [-0.1, -0.05) is 17.7 Å². The topological polar surface area (TPSA) is 60.9 Å². The van der Waals surface area contributed by atoms with Crippen LogP contribution in [0.15, 0.2) is 24.3 Å². The highest BCUT2D eigenvalue weighted by molar-refractivity contribution is 5.94. The van der Waals surface area contributed by atoms with Gasteiger partial charge in [0.15, 0.2) is 0 Å². The third-order valence-electron chi connectivity index (χ3n) is 3.13. The molecule has 0 saturated carbocycles. The van der Waals surface area contributed by atoms with Gasteiger partial charge in [0.2, 0.25) is 0 Å². The second-order valence-corrected chi connectivity index (χ2v) is 4.49. The minimum Gasteiger partial charge on any atom is -0.480 e. The number of carbonyl (C=O) groups excluding carboxylic acids is 1. The largest absolute Gasteiger partial charge is 0.480 e. The van der Waals surface area contributed by atoms with Gasteiger partial charge >= 0.3 is 12.0 Å². The van der Waals surface area contributed by atoms with Gasteiger partial charge in [0.1, 0.15) is 6.04 Å². The molecule has 5 nitrogen and oxygen atoms in total. The Hall–Kier alpha value is -2.04. The molecule has 1 aromatic rings. The van der Waals surface area contributed by atoms with E-state index in [2.05, 4.69) is 0 Å². The Morgan fingerprint density at radius 2 is 1.79 bits per heavy atom. The van der Waals surface area contributed by atoms with Gasteiger partial charge in [0, 0.05) is 19.3 Å². The van der Waals surface area contributed by atoms with Crippen LogP contribution in [-0.4, -0.2) is 41.6 Å². The Morgan fingerprint density at radius 3 is 2.21 bits per heavy atom. The van der Waals surface area contributed by atoms with Crippen LogP contribution in [0.5, 0.6) is 0 Å². The normalized spacial score (nSPS) is 11.8. The molecule has 1 unspecified atom stereocenters. The van der Waals surface area contributed by atoms with Crippen LogP contribution in [0.1, 0.15) is 19.4 Å². The van der Waals surface area contributed by atoms with Crippen molar-refractivity contribution in [1.29, 1.82) is 0 Å². The molecular formula is C14H20N2O3. The van der Waals surface area contributed by atoms with Gasteiger partial charge in [-0.2, -0.15) is 0 Å². The number of hydrogen-bond acceptors (Lipinski definition) is 2. The smallest absolute Gasteiger partial charge is 0.326 e. The van der Waals surface area contributed by atoms with Gasteiger partial charge in [0.25, 0.3) is 0 Å². The summed E-state index contributed by atoms with van der Waals surface area (Å²) in [6.45, 7) is 5.80. The molecule has 104 valence electrons. The lowest BCUT2D eigenvalue weighted by Crippen LogP contribution is -2.48. The van der Waals surface area contributed by atoms with E-state index in [1.165, 1.54) is 18.9 Å². The molecule has 2 amide bonds. The molecule has 5 heteroatoms. The van der Waals surface area contributed by atoms with E-state index in [1.54, 1.807) is 4.90 Å². The highest BCUT2D eigenvalue weighted by atomic mass is 16.4. The highest BCUT2D eigenvalue weighted by Gasteiger charge is 2.25. The standard InChI is InChI=1S/C14H20N2O3/c1-5-16(12-8-6-10(2)7-9-12)14(19)15(4)11(3)13(17)18/h6-9,11H,5H2,1-4H3,(H,17,18). The van der Waals surface area contributed by atoms with E-state index in [0.717, 1.165) is 11.3 Å². The number of carboxylic acids is 1. The number of aliphatic carboxylic acids is 1. The van der Waals surface area contributed by atoms with Gasteiger partial charge in [0.05, 0.1) is 0 Å². The van der Waals surface area contributed by atoms with Crippen molar-refractivity contribution in [2.24, 2.45) is 0 Å².